The summed E-state index contributed by atoms with van der Waals surface area (Å²) in [7, 11) is 0. The Hall–Kier alpha value is -3.18. The van der Waals surface area contributed by atoms with Gasteiger partial charge in [0.25, 0.3) is 0 Å². The van der Waals surface area contributed by atoms with Crippen LogP contribution in [-0.4, -0.2) is 31.7 Å². The van der Waals surface area contributed by atoms with Crippen molar-refractivity contribution in [1.82, 2.24) is 20.6 Å². The van der Waals surface area contributed by atoms with E-state index in [0.29, 0.717) is 16.6 Å². The van der Waals surface area contributed by atoms with Crippen LogP contribution in [-0.2, 0) is 6.18 Å². The topological polar surface area (TPSA) is 91.8 Å². The zero-order valence-corrected chi connectivity index (χ0v) is 21.6. The molecular formula is C25H25F3N4O2S2. The number of benzene rings is 2. The van der Waals surface area contributed by atoms with Crippen molar-refractivity contribution in [2.24, 2.45) is 5.92 Å². The summed E-state index contributed by atoms with van der Waals surface area (Å²) >= 11 is 2.89. The zero-order valence-electron chi connectivity index (χ0n) is 20.0. The Labute approximate surface area is 215 Å². The molecule has 4 rings (SSSR count). The zero-order chi connectivity index (χ0) is 26.5. The molecule has 0 bridgehead atoms. The number of rotatable bonds is 6. The Morgan fingerprint density at radius 1 is 1.08 bits per heavy atom. The quantitative estimate of drug-likeness (QED) is 0.250. The van der Waals surface area contributed by atoms with Crippen LogP contribution >= 0.6 is 23.1 Å². The standard InChI is InChI=1S/C20H21F3N4S.C5H4O2S/c1-11(2)18(19-24-26-27-25-19)28-16-9-12(3)17(13(4)10-16)14-5-7-15(8-6-14)20(21,22)23;6-5(7)4-2-1-3-8-4/h5-11,18H,1-4H3,(H,24,25,26,27);1-3H,(H,6,7). The lowest BCUT2D eigenvalue weighted by Gasteiger charge is -2.19. The number of tetrazole rings is 1. The Morgan fingerprint density at radius 3 is 2.14 bits per heavy atom. The molecule has 6 nitrogen and oxygen atoms in total. The van der Waals surface area contributed by atoms with Gasteiger partial charge in [0, 0.05) is 4.90 Å². The van der Waals surface area contributed by atoms with E-state index in [1.807, 2.05) is 13.8 Å². The van der Waals surface area contributed by atoms with Gasteiger partial charge in [-0.2, -0.15) is 18.4 Å². The first kappa shape index (κ1) is 27.4. The van der Waals surface area contributed by atoms with Crippen LogP contribution in [0.5, 0.6) is 0 Å². The molecule has 2 N–H and O–H groups in total. The molecule has 2 aromatic heterocycles. The molecule has 1 atom stereocenters. The van der Waals surface area contributed by atoms with Crippen molar-refractivity contribution in [3.05, 3.63) is 81.3 Å². The maximum Gasteiger partial charge on any atom is 0.416 e. The van der Waals surface area contributed by atoms with Gasteiger partial charge in [0.2, 0.25) is 0 Å². The van der Waals surface area contributed by atoms with Crippen molar-refractivity contribution in [1.29, 1.82) is 0 Å². The molecule has 11 heteroatoms. The van der Waals surface area contributed by atoms with Gasteiger partial charge in [-0.25, -0.2) is 4.79 Å². The number of aryl methyl sites for hydroxylation is 2. The van der Waals surface area contributed by atoms with Crippen LogP contribution < -0.4 is 0 Å². The highest BCUT2D eigenvalue weighted by molar-refractivity contribution is 7.99. The minimum absolute atomic E-state index is 0.0504. The smallest absolute Gasteiger partial charge is 0.416 e. The number of carboxylic acid groups (broad SMARTS) is 1. The molecule has 1 unspecified atom stereocenters. The fourth-order valence-electron chi connectivity index (χ4n) is 3.60. The van der Waals surface area contributed by atoms with Crippen molar-refractivity contribution < 1.29 is 23.1 Å². The second kappa shape index (κ2) is 11.7. The van der Waals surface area contributed by atoms with Crippen molar-refractivity contribution >= 4 is 29.1 Å². The number of alkyl halides is 3. The summed E-state index contributed by atoms with van der Waals surface area (Å²) in [5, 5.41) is 24.4. The number of hydrogen-bond donors (Lipinski definition) is 2. The van der Waals surface area contributed by atoms with E-state index in [2.05, 4.69) is 46.6 Å². The minimum Gasteiger partial charge on any atom is -0.477 e. The van der Waals surface area contributed by atoms with Gasteiger partial charge in [-0.1, -0.05) is 37.3 Å². The lowest BCUT2D eigenvalue weighted by molar-refractivity contribution is -0.137. The summed E-state index contributed by atoms with van der Waals surface area (Å²) in [5.74, 6) is 0.111. The highest BCUT2D eigenvalue weighted by atomic mass is 32.2. The number of thioether (sulfide) groups is 1. The van der Waals surface area contributed by atoms with Crippen molar-refractivity contribution in [3.8, 4) is 11.1 Å². The van der Waals surface area contributed by atoms with Crippen LogP contribution in [0.1, 0.15) is 51.3 Å². The summed E-state index contributed by atoms with van der Waals surface area (Å²) in [6.45, 7) is 8.15. The Bertz CT molecular complexity index is 1250. The summed E-state index contributed by atoms with van der Waals surface area (Å²) in [4.78, 5) is 11.5. The second-order valence-electron chi connectivity index (χ2n) is 8.34. The molecule has 2 aromatic carbocycles. The third-order valence-electron chi connectivity index (χ3n) is 5.22. The van der Waals surface area contributed by atoms with Gasteiger partial charge in [-0.05, 0) is 77.7 Å². The molecule has 0 aliphatic heterocycles. The first-order chi connectivity index (χ1) is 17.0. The Kier molecular flexibility index (Phi) is 8.91. The molecular weight excluding hydrogens is 509 g/mol. The molecule has 0 amide bonds. The van der Waals surface area contributed by atoms with E-state index >= 15 is 0 Å². The molecule has 0 aliphatic rings. The number of nitrogens with one attached hydrogen (secondary N) is 1. The molecule has 190 valence electrons. The minimum atomic E-state index is -4.33. The number of aromatic nitrogens is 4. The van der Waals surface area contributed by atoms with E-state index < -0.39 is 17.7 Å². The van der Waals surface area contributed by atoms with Gasteiger partial charge in [0.05, 0.1) is 10.8 Å². The molecule has 0 radical (unpaired) electrons. The average Bonchev–Trinajstić information content (AvgIpc) is 3.52. The Balaban J connectivity index is 0.000000383. The SMILES string of the molecule is Cc1cc(SC(c2nn[nH]n2)C(C)C)cc(C)c1-c1ccc(C(F)(F)F)cc1.O=C(O)c1cccs1. The molecule has 2 heterocycles. The number of H-pyrrole nitrogens is 1. The third-order valence-corrected chi connectivity index (χ3v) is 7.60. The van der Waals surface area contributed by atoms with E-state index in [1.54, 1.807) is 29.3 Å². The van der Waals surface area contributed by atoms with E-state index in [9.17, 15) is 18.0 Å². The highest BCUT2D eigenvalue weighted by Gasteiger charge is 2.30. The third kappa shape index (κ3) is 6.94. The van der Waals surface area contributed by atoms with Crippen molar-refractivity contribution in [2.75, 3.05) is 0 Å². The van der Waals surface area contributed by atoms with Crippen LogP contribution in [0, 0.1) is 19.8 Å². The summed E-state index contributed by atoms with van der Waals surface area (Å²) < 4.78 is 38.5. The number of carbonyl (C=O) groups is 1. The number of aromatic carboxylic acids is 1. The van der Waals surface area contributed by atoms with Crippen molar-refractivity contribution in [2.45, 2.75) is 44.0 Å². The van der Waals surface area contributed by atoms with Crippen LogP contribution in [0.2, 0.25) is 0 Å². The van der Waals surface area contributed by atoms with E-state index in [1.165, 1.54) is 23.5 Å². The normalized spacial score (nSPS) is 12.2. The first-order valence-corrected chi connectivity index (χ1v) is 12.7. The number of hydrogen-bond acceptors (Lipinski definition) is 6. The Morgan fingerprint density at radius 2 is 1.72 bits per heavy atom. The fourth-order valence-corrected chi connectivity index (χ4v) is 5.42. The highest BCUT2D eigenvalue weighted by Crippen LogP contribution is 2.41. The predicted octanol–water partition coefficient (Wildman–Crippen LogP) is 7.44. The number of nitrogens with zero attached hydrogens (tertiary/aromatic N) is 3. The second-order valence-corrected chi connectivity index (χ2v) is 10.5. The molecule has 0 saturated carbocycles. The van der Waals surface area contributed by atoms with E-state index in [0.717, 1.165) is 39.3 Å². The molecule has 0 spiro atoms. The molecule has 4 aromatic rings. The van der Waals surface area contributed by atoms with Crippen molar-refractivity contribution in [3.63, 3.8) is 0 Å². The summed E-state index contributed by atoms with van der Waals surface area (Å²) in [5.41, 5.74) is 3.12. The fraction of sp³-hybridized carbons (Fsp3) is 0.280. The van der Waals surface area contributed by atoms with Crippen LogP contribution in [0.3, 0.4) is 0 Å². The van der Waals surface area contributed by atoms with Crippen LogP contribution in [0.4, 0.5) is 13.2 Å². The van der Waals surface area contributed by atoms with Crippen LogP contribution in [0.15, 0.2) is 58.8 Å². The molecule has 0 aliphatic carbocycles. The number of halogens is 3. The van der Waals surface area contributed by atoms with Gasteiger partial charge in [-0.3, -0.25) is 0 Å². The monoisotopic (exact) mass is 534 g/mol. The summed E-state index contributed by atoms with van der Waals surface area (Å²) in [6, 6.07) is 12.7. The number of aromatic amines is 1. The predicted molar refractivity (Wildman–Crippen MR) is 135 cm³/mol. The van der Waals surface area contributed by atoms with Gasteiger partial charge in [0.1, 0.15) is 4.88 Å². The van der Waals surface area contributed by atoms with Gasteiger partial charge in [0.15, 0.2) is 5.82 Å². The van der Waals surface area contributed by atoms with E-state index in [4.69, 9.17) is 5.11 Å². The molecule has 0 fully saturated rings. The largest absolute Gasteiger partial charge is 0.477 e. The first-order valence-electron chi connectivity index (χ1n) is 10.9. The van der Waals surface area contributed by atoms with Crippen LogP contribution in [0.25, 0.3) is 11.1 Å². The van der Waals surface area contributed by atoms with E-state index in [-0.39, 0.29) is 5.25 Å². The summed E-state index contributed by atoms with van der Waals surface area (Å²) in [6.07, 6.45) is -4.33. The number of thiophene rings is 1. The van der Waals surface area contributed by atoms with Gasteiger partial charge in [-0.15, -0.1) is 33.3 Å². The average molecular weight is 535 g/mol. The number of carboxylic acids is 1. The van der Waals surface area contributed by atoms with Gasteiger partial charge >= 0.3 is 12.1 Å². The maximum atomic E-state index is 12.8. The molecule has 36 heavy (non-hydrogen) atoms. The molecule has 0 saturated heterocycles. The lowest BCUT2D eigenvalue weighted by atomic mass is 9.95. The van der Waals surface area contributed by atoms with Gasteiger partial charge < -0.3 is 5.11 Å². The maximum absolute atomic E-state index is 12.8. The lowest BCUT2D eigenvalue weighted by Crippen LogP contribution is -2.05.